The van der Waals surface area contributed by atoms with Gasteiger partial charge in [0, 0.05) is 37.9 Å². The number of thiazole rings is 1. The van der Waals surface area contributed by atoms with Crippen LogP contribution in [0.5, 0.6) is 0 Å². The number of carbonyl (C=O) groups excluding carboxylic acids is 1. The third-order valence-electron chi connectivity index (χ3n) is 5.55. The van der Waals surface area contributed by atoms with Crippen molar-refractivity contribution in [3.05, 3.63) is 64.6 Å². The van der Waals surface area contributed by atoms with E-state index in [-0.39, 0.29) is 5.91 Å². The zero-order valence-electron chi connectivity index (χ0n) is 17.2. The van der Waals surface area contributed by atoms with Crippen LogP contribution in [0.4, 0.5) is 5.13 Å². The minimum Gasteiger partial charge on any atom is -0.344 e. The van der Waals surface area contributed by atoms with Crippen LogP contribution in [0.3, 0.4) is 0 Å². The number of carbonyl (C=O) groups is 1. The highest BCUT2D eigenvalue weighted by Gasteiger charge is 2.24. The largest absolute Gasteiger partial charge is 0.344 e. The molecule has 0 saturated carbocycles. The molecule has 0 aliphatic carbocycles. The number of rotatable bonds is 3. The van der Waals surface area contributed by atoms with Gasteiger partial charge < -0.3 is 9.80 Å². The Hall–Kier alpha value is -2.97. The number of halogens is 1. The molecule has 31 heavy (non-hydrogen) atoms. The van der Waals surface area contributed by atoms with Crippen molar-refractivity contribution < 1.29 is 4.79 Å². The summed E-state index contributed by atoms with van der Waals surface area (Å²) in [4.78, 5) is 27.1. The van der Waals surface area contributed by atoms with Crippen molar-refractivity contribution in [3.63, 3.8) is 0 Å². The van der Waals surface area contributed by atoms with Crippen LogP contribution < -0.4 is 4.90 Å². The molecule has 0 spiro atoms. The Balaban J connectivity index is 1.26. The van der Waals surface area contributed by atoms with E-state index in [1.165, 1.54) is 0 Å². The van der Waals surface area contributed by atoms with Gasteiger partial charge in [-0.1, -0.05) is 22.9 Å². The summed E-state index contributed by atoms with van der Waals surface area (Å²) in [6, 6.07) is 11.4. The molecule has 1 aliphatic heterocycles. The van der Waals surface area contributed by atoms with Crippen molar-refractivity contribution >= 4 is 44.3 Å². The van der Waals surface area contributed by atoms with Crippen LogP contribution in [0.25, 0.3) is 16.0 Å². The summed E-state index contributed by atoms with van der Waals surface area (Å²) in [5.41, 5.74) is 4.16. The number of benzene rings is 1. The number of fused-ring (bicyclic) bond motifs is 1. The summed E-state index contributed by atoms with van der Waals surface area (Å²) in [5.74, 6) is 0.0450. The maximum atomic E-state index is 13.0. The fraction of sp³-hybridized carbons (Fsp3) is 0.273. The van der Waals surface area contributed by atoms with E-state index >= 15 is 0 Å². The van der Waals surface area contributed by atoms with E-state index in [4.69, 9.17) is 11.6 Å². The zero-order valence-corrected chi connectivity index (χ0v) is 18.8. The molecule has 9 heteroatoms. The minimum atomic E-state index is 0.0450. The van der Waals surface area contributed by atoms with Crippen LogP contribution in [0.2, 0.25) is 5.02 Å². The van der Waals surface area contributed by atoms with E-state index in [0.717, 1.165) is 45.6 Å². The van der Waals surface area contributed by atoms with Crippen LogP contribution >= 0.6 is 22.9 Å². The summed E-state index contributed by atoms with van der Waals surface area (Å²) >= 11 is 7.85. The van der Waals surface area contributed by atoms with Gasteiger partial charge in [-0.3, -0.25) is 4.79 Å². The van der Waals surface area contributed by atoms with Gasteiger partial charge in [0.2, 0.25) is 0 Å². The van der Waals surface area contributed by atoms with E-state index in [1.54, 1.807) is 22.2 Å². The van der Waals surface area contributed by atoms with Crippen LogP contribution in [0.15, 0.2) is 42.6 Å². The molecule has 7 nitrogen and oxygen atoms in total. The molecule has 1 saturated heterocycles. The van der Waals surface area contributed by atoms with Crippen molar-refractivity contribution in [1.29, 1.82) is 0 Å². The van der Waals surface area contributed by atoms with Crippen LogP contribution in [0, 0.1) is 13.8 Å². The third kappa shape index (κ3) is 3.66. The van der Waals surface area contributed by atoms with Crippen molar-refractivity contribution in [2.75, 3.05) is 31.1 Å². The number of hydrogen-bond acceptors (Lipinski definition) is 6. The lowest BCUT2D eigenvalue weighted by Gasteiger charge is -2.34. The quantitative estimate of drug-likeness (QED) is 0.468. The number of hydrogen-bond donors (Lipinski definition) is 0. The minimum absolute atomic E-state index is 0.0450. The molecule has 0 atom stereocenters. The van der Waals surface area contributed by atoms with Gasteiger partial charge in [0.05, 0.1) is 22.1 Å². The highest BCUT2D eigenvalue weighted by atomic mass is 35.5. The fourth-order valence-corrected chi connectivity index (χ4v) is 4.88. The van der Waals surface area contributed by atoms with Crippen LogP contribution in [-0.4, -0.2) is 56.7 Å². The van der Waals surface area contributed by atoms with Gasteiger partial charge in [-0.15, -0.1) is 0 Å². The maximum absolute atomic E-state index is 13.0. The number of piperazine rings is 1. The lowest BCUT2D eigenvalue weighted by atomic mass is 10.1. The second-order valence-corrected chi connectivity index (χ2v) is 8.88. The predicted molar refractivity (Wildman–Crippen MR) is 124 cm³/mol. The monoisotopic (exact) mass is 452 g/mol. The Kier molecular flexibility index (Phi) is 5.11. The van der Waals surface area contributed by atoms with E-state index in [0.29, 0.717) is 23.7 Å². The first kappa shape index (κ1) is 20.0. The number of nitrogens with zero attached hydrogens (tertiary/aromatic N) is 6. The highest BCUT2D eigenvalue weighted by molar-refractivity contribution is 7.21. The number of anilines is 1. The average molecular weight is 453 g/mol. The lowest BCUT2D eigenvalue weighted by molar-refractivity contribution is 0.0747. The first-order chi connectivity index (χ1) is 15.0. The Morgan fingerprint density at radius 2 is 1.81 bits per heavy atom. The second-order valence-electron chi connectivity index (χ2n) is 7.55. The number of aromatic nitrogens is 4. The first-order valence-electron chi connectivity index (χ1n) is 10.1. The molecule has 0 radical (unpaired) electrons. The molecule has 4 aromatic rings. The molecule has 3 aromatic heterocycles. The van der Waals surface area contributed by atoms with E-state index in [9.17, 15) is 4.79 Å². The molecule has 158 valence electrons. The van der Waals surface area contributed by atoms with Crippen molar-refractivity contribution in [2.24, 2.45) is 0 Å². The molecule has 4 heterocycles. The van der Waals surface area contributed by atoms with Gasteiger partial charge in [0.25, 0.3) is 5.91 Å². The molecule has 5 rings (SSSR count). The molecule has 1 amide bonds. The lowest BCUT2D eigenvalue weighted by Crippen LogP contribution is -2.48. The molecule has 1 aliphatic rings. The molecule has 0 unspecified atom stereocenters. The Morgan fingerprint density at radius 1 is 1.06 bits per heavy atom. The third-order valence-corrected chi connectivity index (χ3v) is 7.14. The smallest absolute Gasteiger partial charge is 0.253 e. The number of pyridine rings is 1. The van der Waals surface area contributed by atoms with Gasteiger partial charge in [0.1, 0.15) is 10.3 Å². The molecule has 0 bridgehead atoms. The van der Waals surface area contributed by atoms with Gasteiger partial charge in [0.15, 0.2) is 5.13 Å². The summed E-state index contributed by atoms with van der Waals surface area (Å²) in [6.45, 7) is 6.66. The highest BCUT2D eigenvalue weighted by Crippen LogP contribution is 2.28. The fourth-order valence-electron chi connectivity index (χ4n) is 3.80. The van der Waals surface area contributed by atoms with E-state index in [1.807, 2.05) is 55.1 Å². The average Bonchev–Trinajstić information content (AvgIpc) is 3.35. The summed E-state index contributed by atoms with van der Waals surface area (Å²) in [5, 5.41) is 6.11. The van der Waals surface area contributed by atoms with Gasteiger partial charge in [-0.2, -0.15) is 5.10 Å². The number of amides is 1. The van der Waals surface area contributed by atoms with Crippen molar-refractivity contribution in [2.45, 2.75) is 13.8 Å². The molecule has 0 N–H and O–H groups in total. The molecular formula is C22H21ClN6OS. The predicted octanol–water partition coefficient (Wildman–Crippen LogP) is 4.11. The van der Waals surface area contributed by atoms with Crippen LogP contribution in [-0.2, 0) is 0 Å². The molecule has 1 fully saturated rings. The summed E-state index contributed by atoms with van der Waals surface area (Å²) < 4.78 is 1.80. The van der Waals surface area contributed by atoms with Crippen LogP contribution in [0.1, 0.15) is 21.7 Å². The molecular weight excluding hydrogens is 432 g/mol. The van der Waals surface area contributed by atoms with Crippen molar-refractivity contribution in [3.8, 4) is 5.69 Å². The summed E-state index contributed by atoms with van der Waals surface area (Å²) in [6.07, 6.45) is 1.79. The normalized spacial score (nSPS) is 14.4. The number of aryl methyl sites for hydroxylation is 1. The standard InChI is InChI=1S/C22H21ClN6OS/c1-14-19(23)15(2)29(26-14)17-7-5-16(6-8-17)21(30)27-10-12-28(13-11-27)22-25-18-4-3-9-24-20(18)31-22/h3-9H,10-13H2,1-2H3. The zero-order chi connectivity index (χ0) is 21.5. The van der Waals surface area contributed by atoms with E-state index < -0.39 is 0 Å². The van der Waals surface area contributed by atoms with E-state index in [2.05, 4.69) is 20.0 Å². The van der Waals surface area contributed by atoms with Gasteiger partial charge in [-0.25, -0.2) is 14.6 Å². The second kappa shape index (κ2) is 7.94. The SMILES string of the molecule is Cc1nn(-c2ccc(C(=O)N3CCN(c4nc5cccnc5s4)CC3)cc2)c(C)c1Cl. The Morgan fingerprint density at radius 3 is 2.45 bits per heavy atom. The topological polar surface area (TPSA) is 67.2 Å². The molecule has 1 aromatic carbocycles. The Labute approximate surface area is 188 Å². The first-order valence-corrected chi connectivity index (χ1v) is 11.3. The van der Waals surface area contributed by atoms with Crippen molar-refractivity contribution in [1.82, 2.24) is 24.6 Å². The Bertz CT molecular complexity index is 1220. The van der Waals surface area contributed by atoms with Gasteiger partial charge in [-0.05, 0) is 50.2 Å². The maximum Gasteiger partial charge on any atom is 0.253 e. The van der Waals surface area contributed by atoms with Gasteiger partial charge >= 0.3 is 0 Å². The summed E-state index contributed by atoms with van der Waals surface area (Å²) in [7, 11) is 0.